The maximum absolute atomic E-state index is 11.1. The number of hydrogen-bond donors (Lipinski definition) is 3. The third-order valence-electron chi connectivity index (χ3n) is 3.97. The van der Waals surface area contributed by atoms with Crippen LogP contribution in [0, 0.1) is 0 Å². The van der Waals surface area contributed by atoms with E-state index in [0.29, 0.717) is 19.7 Å². The molecule has 0 heterocycles. The zero-order valence-electron chi connectivity index (χ0n) is 18.7. The number of unbranched alkanes of at least 4 members (excludes halogenated alkanes) is 5. The fourth-order valence-corrected chi connectivity index (χ4v) is 2.34. The van der Waals surface area contributed by atoms with Crippen molar-refractivity contribution in [2.45, 2.75) is 58.5 Å². The summed E-state index contributed by atoms with van der Waals surface area (Å²) in [5.41, 5.74) is 0.278. The molecule has 0 rings (SSSR count). The number of nitrogens with zero attached hydrogens (tertiary/aromatic N) is 1. The van der Waals surface area contributed by atoms with Gasteiger partial charge in [-0.1, -0.05) is 52.2 Å². The molecule has 0 aromatic rings. The van der Waals surface area contributed by atoms with Crippen molar-refractivity contribution in [3.05, 3.63) is 24.8 Å². The molecular formula is C22H41NO7. The van der Waals surface area contributed by atoms with Crippen molar-refractivity contribution in [3.8, 4) is 0 Å². The van der Waals surface area contributed by atoms with E-state index in [4.69, 9.17) is 19.7 Å². The van der Waals surface area contributed by atoms with Gasteiger partial charge in [-0.3, -0.25) is 4.90 Å². The first-order chi connectivity index (χ1) is 14.3. The van der Waals surface area contributed by atoms with Gasteiger partial charge in [-0.05, 0) is 13.3 Å². The van der Waals surface area contributed by atoms with Crippen LogP contribution in [0.5, 0.6) is 0 Å². The molecule has 0 radical (unpaired) electrons. The number of ether oxygens (including phenoxy) is 2. The summed E-state index contributed by atoms with van der Waals surface area (Å²) in [4.78, 5) is 23.3. The van der Waals surface area contributed by atoms with Gasteiger partial charge in [0.1, 0.15) is 12.7 Å². The van der Waals surface area contributed by atoms with Crippen LogP contribution in [0.1, 0.15) is 52.4 Å². The number of esters is 2. The quantitative estimate of drug-likeness (QED) is 0.181. The molecule has 0 aliphatic rings. The molecule has 0 aromatic heterocycles. The van der Waals surface area contributed by atoms with Gasteiger partial charge >= 0.3 is 11.9 Å². The molecule has 1 unspecified atom stereocenters. The Morgan fingerprint density at radius 2 is 1.60 bits per heavy atom. The van der Waals surface area contributed by atoms with E-state index in [1.165, 1.54) is 38.7 Å². The minimum atomic E-state index is -0.851. The molecule has 0 fully saturated rings. The molecular weight excluding hydrogens is 390 g/mol. The number of hydrogen-bond acceptors (Lipinski definition) is 8. The van der Waals surface area contributed by atoms with Gasteiger partial charge < -0.3 is 24.8 Å². The van der Waals surface area contributed by atoms with Crippen molar-refractivity contribution in [3.63, 3.8) is 0 Å². The van der Waals surface area contributed by atoms with Crippen LogP contribution in [0.25, 0.3) is 0 Å². The van der Waals surface area contributed by atoms with Gasteiger partial charge in [-0.2, -0.15) is 0 Å². The average Bonchev–Trinajstić information content (AvgIpc) is 2.71. The highest BCUT2D eigenvalue weighted by molar-refractivity contribution is 5.86. The normalized spacial score (nSPS) is 11.3. The molecule has 0 amide bonds. The number of carbonyl (C=O) groups is 2. The summed E-state index contributed by atoms with van der Waals surface area (Å²) in [5.74, 6) is -0.853. The third kappa shape index (κ3) is 21.0. The van der Waals surface area contributed by atoms with E-state index in [0.717, 1.165) is 12.8 Å². The summed E-state index contributed by atoms with van der Waals surface area (Å²) < 4.78 is 9.62. The van der Waals surface area contributed by atoms with Crippen LogP contribution in [0.15, 0.2) is 24.8 Å². The molecule has 0 bridgehead atoms. The van der Waals surface area contributed by atoms with Gasteiger partial charge in [-0.15, -0.1) is 0 Å². The molecule has 0 saturated heterocycles. The predicted molar refractivity (Wildman–Crippen MR) is 117 cm³/mol. The van der Waals surface area contributed by atoms with Crippen molar-refractivity contribution in [1.82, 2.24) is 4.90 Å². The minimum Gasteiger partial charge on any atom is -0.463 e. The van der Waals surface area contributed by atoms with E-state index in [2.05, 4.69) is 20.1 Å². The Hall–Kier alpha value is -1.74. The van der Waals surface area contributed by atoms with Crippen molar-refractivity contribution < 1.29 is 34.4 Å². The number of rotatable bonds is 17. The van der Waals surface area contributed by atoms with Crippen LogP contribution < -0.4 is 0 Å². The highest BCUT2D eigenvalue weighted by Gasteiger charge is 2.13. The van der Waals surface area contributed by atoms with Gasteiger partial charge in [0.25, 0.3) is 0 Å². The average molecular weight is 432 g/mol. The summed E-state index contributed by atoms with van der Waals surface area (Å²) in [6.07, 6.45) is 7.62. The van der Waals surface area contributed by atoms with Crippen LogP contribution in [0.4, 0.5) is 0 Å². The van der Waals surface area contributed by atoms with Crippen molar-refractivity contribution in [1.29, 1.82) is 0 Å². The van der Waals surface area contributed by atoms with Crippen molar-refractivity contribution in [2.75, 3.05) is 46.1 Å². The summed E-state index contributed by atoms with van der Waals surface area (Å²) in [5, 5.41) is 27.1. The van der Waals surface area contributed by atoms with E-state index >= 15 is 0 Å². The first-order valence-corrected chi connectivity index (χ1v) is 10.6. The number of aliphatic hydroxyl groups excluding tert-OH is 3. The highest BCUT2D eigenvalue weighted by atomic mass is 16.5. The van der Waals surface area contributed by atoms with E-state index in [1.54, 1.807) is 4.90 Å². The van der Waals surface area contributed by atoms with Gasteiger partial charge in [0.15, 0.2) is 0 Å². The first-order valence-electron chi connectivity index (χ1n) is 10.6. The monoisotopic (exact) mass is 431 g/mol. The van der Waals surface area contributed by atoms with Crippen LogP contribution in [-0.2, 0) is 19.1 Å². The Kier molecular flexibility index (Phi) is 22.3. The lowest BCUT2D eigenvalue weighted by Crippen LogP contribution is -2.38. The summed E-state index contributed by atoms with van der Waals surface area (Å²) in [6.45, 7) is 11.7. The van der Waals surface area contributed by atoms with E-state index < -0.39 is 12.1 Å². The van der Waals surface area contributed by atoms with Crippen LogP contribution >= 0.6 is 0 Å². The minimum absolute atomic E-state index is 0.0573. The molecule has 30 heavy (non-hydrogen) atoms. The fraction of sp³-hybridized carbons (Fsp3) is 0.727. The van der Waals surface area contributed by atoms with Crippen LogP contribution in [-0.4, -0.2) is 84.3 Å². The molecule has 8 nitrogen and oxygen atoms in total. The number of aliphatic hydroxyl groups is 3. The Labute approximate surface area is 181 Å². The molecule has 0 aromatic carbocycles. The molecule has 0 saturated carbocycles. The van der Waals surface area contributed by atoms with Gasteiger partial charge in [0.2, 0.25) is 0 Å². The summed E-state index contributed by atoms with van der Waals surface area (Å²) in [7, 11) is 0. The molecule has 8 heteroatoms. The zero-order chi connectivity index (χ0) is 23.2. The highest BCUT2D eigenvalue weighted by Crippen LogP contribution is 2.04. The second-order valence-electron chi connectivity index (χ2n) is 6.92. The SMILES string of the molecule is C=C(C)C(=O)OCC(O)CN(CCO)CCO.C=CC(=O)OCCCCCCCC. The molecule has 1 atom stereocenters. The maximum atomic E-state index is 11.1. The van der Waals surface area contributed by atoms with Crippen LogP contribution in [0.3, 0.4) is 0 Å². The smallest absolute Gasteiger partial charge is 0.333 e. The summed E-state index contributed by atoms with van der Waals surface area (Å²) >= 11 is 0. The first kappa shape index (κ1) is 30.5. The molecule has 0 aliphatic heterocycles. The second kappa shape index (κ2) is 22.0. The van der Waals surface area contributed by atoms with E-state index in [9.17, 15) is 14.7 Å². The largest absolute Gasteiger partial charge is 0.463 e. The van der Waals surface area contributed by atoms with Crippen molar-refractivity contribution >= 4 is 11.9 Å². The Morgan fingerprint density at radius 3 is 2.10 bits per heavy atom. The topological polar surface area (TPSA) is 117 Å². The number of carbonyl (C=O) groups excluding carboxylic acids is 2. The fourth-order valence-electron chi connectivity index (χ4n) is 2.34. The molecule has 0 spiro atoms. The standard InChI is InChI=1S/C11H21NO5.C11H20O2/c1-9(2)11(16)17-8-10(15)7-12(3-5-13)4-6-14;1-3-5-6-7-8-9-10-13-11(12)4-2/h10,13-15H,1,3-8H2,2H3;4H,2-3,5-10H2,1H3. The molecule has 0 aliphatic carbocycles. The molecule has 176 valence electrons. The van der Waals surface area contributed by atoms with Gasteiger partial charge in [0, 0.05) is 31.3 Å². The Balaban J connectivity index is 0. The molecule has 3 N–H and O–H groups in total. The predicted octanol–water partition coefficient (Wildman–Crippen LogP) is 1.83. The van der Waals surface area contributed by atoms with E-state index in [1.807, 2.05) is 0 Å². The lowest BCUT2D eigenvalue weighted by atomic mass is 10.1. The lowest BCUT2D eigenvalue weighted by Gasteiger charge is -2.23. The maximum Gasteiger partial charge on any atom is 0.333 e. The van der Waals surface area contributed by atoms with Gasteiger partial charge in [0.05, 0.1) is 19.8 Å². The van der Waals surface area contributed by atoms with Crippen LogP contribution in [0.2, 0.25) is 0 Å². The zero-order valence-corrected chi connectivity index (χ0v) is 18.7. The lowest BCUT2D eigenvalue weighted by molar-refractivity contribution is -0.142. The van der Waals surface area contributed by atoms with Crippen molar-refractivity contribution in [2.24, 2.45) is 0 Å². The second-order valence-corrected chi connectivity index (χ2v) is 6.92. The van der Waals surface area contributed by atoms with E-state index in [-0.39, 0.29) is 37.9 Å². The third-order valence-corrected chi connectivity index (χ3v) is 3.97. The van der Waals surface area contributed by atoms with Gasteiger partial charge in [-0.25, -0.2) is 9.59 Å². The Bertz CT molecular complexity index is 462. The summed E-state index contributed by atoms with van der Waals surface area (Å²) in [6, 6.07) is 0. The Morgan fingerprint density at radius 1 is 1.03 bits per heavy atom.